The van der Waals surface area contributed by atoms with Gasteiger partial charge in [-0.05, 0) is 30.7 Å². The summed E-state index contributed by atoms with van der Waals surface area (Å²) in [5, 5.41) is 12.7. The molecule has 7 heteroatoms. The zero-order valence-electron chi connectivity index (χ0n) is 12.8. The number of hydrogen-bond donors (Lipinski definition) is 3. The number of anilines is 1. The van der Waals surface area contributed by atoms with Gasteiger partial charge in [0.2, 0.25) is 5.91 Å². The molecule has 122 valence electrons. The van der Waals surface area contributed by atoms with E-state index in [0.717, 1.165) is 0 Å². The van der Waals surface area contributed by atoms with E-state index in [1.807, 2.05) is 6.07 Å². The van der Waals surface area contributed by atoms with Crippen LogP contribution in [-0.4, -0.2) is 26.0 Å². The summed E-state index contributed by atoms with van der Waals surface area (Å²) in [7, 11) is 0. The number of nitrogens with one attached hydrogen (secondary N) is 2. The number of para-hydroxylation sites is 1. The lowest BCUT2D eigenvalue weighted by atomic mass is 10.2. The second-order valence-corrected chi connectivity index (χ2v) is 5.30. The first-order valence-electron chi connectivity index (χ1n) is 7.55. The highest BCUT2D eigenvalue weighted by molar-refractivity contribution is 5.90. The molecular formula is C17H16N4O3. The van der Waals surface area contributed by atoms with Gasteiger partial charge < -0.3 is 15.4 Å². The van der Waals surface area contributed by atoms with Gasteiger partial charge in [0, 0.05) is 19.0 Å². The molecule has 7 nitrogen and oxygen atoms in total. The van der Waals surface area contributed by atoms with Gasteiger partial charge in [-0.15, -0.1) is 0 Å². The number of carbonyl (C=O) groups excluding carboxylic acids is 1. The predicted molar refractivity (Wildman–Crippen MR) is 89.8 cm³/mol. The molecule has 2 aromatic heterocycles. The molecule has 0 fully saturated rings. The molecule has 0 saturated heterocycles. The van der Waals surface area contributed by atoms with E-state index < -0.39 is 0 Å². The van der Waals surface area contributed by atoms with E-state index in [2.05, 4.69) is 20.3 Å². The van der Waals surface area contributed by atoms with Crippen LogP contribution in [0.25, 0.3) is 10.9 Å². The summed E-state index contributed by atoms with van der Waals surface area (Å²) in [4.78, 5) is 34.9. The van der Waals surface area contributed by atoms with Gasteiger partial charge in [-0.3, -0.25) is 9.59 Å². The number of nitrogens with zero attached hydrogens (tertiary/aromatic N) is 2. The third-order valence-corrected chi connectivity index (χ3v) is 3.52. The number of aromatic amines is 1. The summed E-state index contributed by atoms with van der Waals surface area (Å²) in [5.41, 5.74) is 0.456. The Morgan fingerprint density at radius 1 is 1.21 bits per heavy atom. The molecular weight excluding hydrogens is 308 g/mol. The molecule has 0 radical (unpaired) electrons. The number of H-pyrrole nitrogens is 1. The van der Waals surface area contributed by atoms with Crippen molar-refractivity contribution in [2.45, 2.75) is 19.3 Å². The number of amides is 1. The van der Waals surface area contributed by atoms with Crippen LogP contribution in [0.4, 0.5) is 5.82 Å². The lowest BCUT2D eigenvalue weighted by Crippen LogP contribution is -2.14. The van der Waals surface area contributed by atoms with Crippen LogP contribution in [0.15, 0.2) is 47.4 Å². The third kappa shape index (κ3) is 3.57. The van der Waals surface area contributed by atoms with E-state index in [-0.39, 0.29) is 29.5 Å². The van der Waals surface area contributed by atoms with Gasteiger partial charge in [0.05, 0.1) is 10.9 Å². The molecule has 0 bridgehead atoms. The fraction of sp³-hybridized carbons (Fsp3) is 0.176. The molecule has 0 aliphatic rings. The van der Waals surface area contributed by atoms with E-state index in [1.165, 1.54) is 12.3 Å². The highest BCUT2D eigenvalue weighted by Gasteiger charge is 2.08. The molecule has 3 rings (SSSR count). The Hall–Kier alpha value is -3.22. The quantitative estimate of drug-likeness (QED) is 0.665. The van der Waals surface area contributed by atoms with Gasteiger partial charge in [-0.1, -0.05) is 12.1 Å². The van der Waals surface area contributed by atoms with Crippen molar-refractivity contribution >= 4 is 22.6 Å². The van der Waals surface area contributed by atoms with Crippen molar-refractivity contribution in [1.29, 1.82) is 0 Å². The maximum Gasteiger partial charge on any atom is 0.258 e. The van der Waals surface area contributed by atoms with Crippen LogP contribution in [0, 0.1) is 0 Å². The minimum absolute atomic E-state index is 0.0774. The van der Waals surface area contributed by atoms with Crippen LogP contribution in [0.2, 0.25) is 0 Å². The molecule has 0 spiro atoms. The number of carbonyl (C=O) groups is 1. The molecule has 0 aliphatic carbocycles. The maximum atomic E-state index is 12.0. The first kappa shape index (κ1) is 15.7. The van der Waals surface area contributed by atoms with Crippen molar-refractivity contribution < 1.29 is 9.90 Å². The number of rotatable bonds is 5. The van der Waals surface area contributed by atoms with Gasteiger partial charge in [0.1, 0.15) is 5.82 Å². The molecule has 1 amide bonds. The molecule has 2 heterocycles. The maximum absolute atomic E-state index is 12.0. The summed E-state index contributed by atoms with van der Waals surface area (Å²) in [6.45, 7) is 0. The van der Waals surface area contributed by atoms with Crippen LogP contribution >= 0.6 is 0 Å². The van der Waals surface area contributed by atoms with Crippen LogP contribution in [-0.2, 0) is 11.2 Å². The van der Waals surface area contributed by atoms with Gasteiger partial charge >= 0.3 is 0 Å². The number of aromatic nitrogens is 3. The molecule has 3 N–H and O–H groups in total. The van der Waals surface area contributed by atoms with Crippen LogP contribution in [0.1, 0.15) is 18.7 Å². The van der Waals surface area contributed by atoms with Crippen molar-refractivity contribution in [2.24, 2.45) is 0 Å². The minimum Gasteiger partial charge on any atom is -0.504 e. The molecule has 0 saturated carbocycles. The molecule has 0 atom stereocenters. The normalized spacial score (nSPS) is 10.7. The van der Waals surface area contributed by atoms with Crippen molar-refractivity contribution in [3.63, 3.8) is 0 Å². The highest BCUT2D eigenvalue weighted by Crippen LogP contribution is 2.18. The van der Waals surface area contributed by atoms with Crippen LogP contribution < -0.4 is 10.9 Å². The number of hydrogen-bond acceptors (Lipinski definition) is 5. The average molecular weight is 324 g/mol. The standard InChI is InChI=1S/C17H16N4O3/c22-13-7-4-10-18-16(13)21-15(23)9-3-8-14-19-12-6-2-1-5-11(12)17(24)20-14/h1-2,4-7,10,22H,3,8-9H2,(H,18,21,23)(H,19,20,24). The van der Waals surface area contributed by atoms with E-state index in [4.69, 9.17) is 0 Å². The zero-order chi connectivity index (χ0) is 16.9. The van der Waals surface area contributed by atoms with E-state index >= 15 is 0 Å². The number of benzene rings is 1. The van der Waals surface area contributed by atoms with Gasteiger partial charge in [0.25, 0.3) is 5.56 Å². The monoisotopic (exact) mass is 324 g/mol. The van der Waals surface area contributed by atoms with Crippen molar-refractivity contribution in [2.75, 3.05) is 5.32 Å². The smallest absolute Gasteiger partial charge is 0.258 e. The fourth-order valence-corrected chi connectivity index (χ4v) is 2.36. The molecule has 1 aromatic carbocycles. The first-order valence-corrected chi connectivity index (χ1v) is 7.55. The second-order valence-electron chi connectivity index (χ2n) is 5.30. The number of fused-ring (bicyclic) bond motifs is 1. The molecule has 24 heavy (non-hydrogen) atoms. The van der Waals surface area contributed by atoms with E-state index in [0.29, 0.717) is 29.6 Å². The van der Waals surface area contributed by atoms with Gasteiger partial charge in [-0.25, -0.2) is 9.97 Å². The van der Waals surface area contributed by atoms with Crippen molar-refractivity contribution in [3.8, 4) is 5.75 Å². The molecule has 0 unspecified atom stereocenters. The Morgan fingerprint density at radius 2 is 2.04 bits per heavy atom. The SMILES string of the molecule is O=C(CCCc1nc2ccccc2c(=O)[nH]1)Nc1ncccc1O. The van der Waals surface area contributed by atoms with Gasteiger partial charge in [-0.2, -0.15) is 0 Å². The molecule has 0 aliphatic heterocycles. The minimum atomic E-state index is -0.257. The number of aromatic hydroxyl groups is 1. The molecule has 3 aromatic rings. The van der Waals surface area contributed by atoms with Crippen molar-refractivity contribution in [1.82, 2.24) is 15.0 Å². The summed E-state index contributed by atoms with van der Waals surface area (Å²) < 4.78 is 0. The van der Waals surface area contributed by atoms with Gasteiger partial charge in [0.15, 0.2) is 11.6 Å². The zero-order valence-corrected chi connectivity index (χ0v) is 12.8. The number of pyridine rings is 1. The Balaban J connectivity index is 1.59. The third-order valence-electron chi connectivity index (χ3n) is 3.52. The average Bonchev–Trinajstić information content (AvgIpc) is 2.57. The lowest BCUT2D eigenvalue weighted by molar-refractivity contribution is -0.116. The fourth-order valence-electron chi connectivity index (χ4n) is 2.36. The van der Waals surface area contributed by atoms with E-state index in [9.17, 15) is 14.7 Å². The van der Waals surface area contributed by atoms with Crippen LogP contribution in [0.3, 0.4) is 0 Å². The Labute approximate surface area is 137 Å². The predicted octanol–water partition coefficient (Wildman–Crippen LogP) is 1.99. The topological polar surface area (TPSA) is 108 Å². The first-order chi connectivity index (χ1) is 11.6. The lowest BCUT2D eigenvalue weighted by Gasteiger charge is -2.06. The Bertz CT molecular complexity index is 936. The number of aryl methyl sites for hydroxylation is 1. The van der Waals surface area contributed by atoms with E-state index in [1.54, 1.807) is 24.3 Å². The summed E-state index contributed by atoms with van der Waals surface area (Å²) >= 11 is 0. The van der Waals surface area contributed by atoms with Crippen LogP contribution in [0.5, 0.6) is 5.75 Å². The second kappa shape index (κ2) is 6.91. The largest absolute Gasteiger partial charge is 0.504 e. The Kier molecular flexibility index (Phi) is 4.51. The summed E-state index contributed by atoms with van der Waals surface area (Å²) in [6.07, 6.45) is 2.70. The highest BCUT2D eigenvalue weighted by atomic mass is 16.3. The summed E-state index contributed by atoms with van der Waals surface area (Å²) in [6, 6.07) is 10.1. The Morgan fingerprint density at radius 3 is 2.88 bits per heavy atom. The van der Waals surface area contributed by atoms with Crippen molar-refractivity contribution in [3.05, 3.63) is 58.8 Å². The summed E-state index contributed by atoms with van der Waals surface area (Å²) in [5.74, 6) is 0.352.